The first-order valence-electron chi connectivity index (χ1n) is 5.88. The largest absolute Gasteiger partial charge is 0.497 e. The minimum Gasteiger partial charge on any atom is -0.497 e. The minimum atomic E-state index is 0.674. The predicted molar refractivity (Wildman–Crippen MR) is 76.6 cm³/mol. The van der Waals surface area contributed by atoms with Gasteiger partial charge in [0.05, 0.1) is 18.5 Å². The monoisotopic (exact) mass is 242 g/mol. The van der Waals surface area contributed by atoms with Gasteiger partial charge in [-0.2, -0.15) is 0 Å². The normalized spacial score (nSPS) is 10.2. The van der Waals surface area contributed by atoms with E-state index in [4.69, 9.17) is 10.5 Å². The highest BCUT2D eigenvalue weighted by Gasteiger charge is 2.02. The zero-order valence-electron chi connectivity index (χ0n) is 10.9. The molecule has 0 aliphatic rings. The Kier molecular flexibility index (Phi) is 3.42. The number of benzene rings is 2. The molecule has 0 saturated carbocycles. The van der Waals surface area contributed by atoms with Gasteiger partial charge in [0.1, 0.15) is 5.75 Å². The van der Waals surface area contributed by atoms with Crippen molar-refractivity contribution in [2.45, 2.75) is 13.8 Å². The number of hydrogen-bond donors (Lipinski definition) is 2. The van der Waals surface area contributed by atoms with Crippen molar-refractivity contribution in [3.8, 4) is 5.75 Å². The van der Waals surface area contributed by atoms with Crippen LogP contribution < -0.4 is 15.8 Å². The topological polar surface area (TPSA) is 47.3 Å². The van der Waals surface area contributed by atoms with Gasteiger partial charge in [-0.15, -0.1) is 0 Å². The molecular weight excluding hydrogens is 224 g/mol. The maximum atomic E-state index is 5.97. The molecule has 2 rings (SSSR count). The number of anilines is 3. The molecule has 0 amide bonds. The first-order chi connectivity index (χ1) is 8.60. The molecule has 2 aromatic rings. The van der Waals surface area contributed by atoms with E-state index in [-0.39, 0.29) is 0 Å². The Balaban J connectivity index is 2.25. The number of rotatable bonds is 3. The Morgan fingerprint density at radius 3 is 2.39 bits per heavy atom. The quantitative estimate of drug-likeness (QED) is 0.808. The summed E-state index contributed by atoms with van der Waals surface area (Å²) in [5.41, 5.74) is 11.1. The van der Waals surface area contributed by atoms with Crippen LogP contribution in [0.4, 0.5) is 17.1 Å². The van der Waals surface area contributed by atoms with Gasteiger partial charge in [0.25, 0.3) is 0 Å². The maximum absolute atomic E-state index is 5.97. The average molecular weight is 242 g/mol. The summed E-state index contributed by atoms with van der Waals surface area (Å²) < 4.78 is 5.13. The van der Waals surface area contributed by atoms with E-state index >= 15 is 0 Å². The SMILES string of the molecule is COc1ccc(Nc2ccc(C)c(C)c2)c(N)c1. The summed E-state index contributed by atoms with van der Waals surface area (Å²) in [5, 5.41) is 3.31. The molecule has 3 heteroatoms. The van der Waals surface area contributed by atoms with E-state index < -0.39 is 0 Å². The van der Waals surface area contributed by atoms with Crippen molar-refractivity contribution in [1.29, 1.82) is 0 Å². The highest BCUT2D eigenvalue weighted by molar-refractivity contribution is 5.74. The summed E-state index contributed by atoms with van der Waals surface area (Å²) in [5.74, 6) is 0.762. The van der Waals surface area contributed by atoms with Crippen LogP contribution in [0.3, 0.4) is 0 Å². The van der Waals surface area contributed by atoms with Gasteiger partial charge < -0.3 is 15.8 Å². The second kappa shape index (κ2) is 5.00. The van der Waals surface area contributed by atoms with Gasteiger partial charge in [-0.3, -0.25) is 0 Å². The molecule has 0 heterocycles. The highest BCUT2D eigenvalue weighted by atomic mass is 16.5. The molecule has 18 heavy (non-hydrogen) atoms. The molecule has 0 unspecified atom stereocenters. The van der Waals surface area contributed by atoms with E-state index in [9.17, 15) is 0 Å². The summed E-state index contributed by atoms with van der Waals surface area (Å²) >= 11 is 0. The number of nitrogen functional groups attached to an aromatic ring is 1. The maximum Gasteiger partial charge on any atom is 0.121 e. The first-order valence-corrected chi connectivity index (χ1v) is 5.88. The number of ether oxygens (including phenoxy) is 1. The van der Waals surface area contributed by atoms with Crippen molar-refractivity contribution < 1.29 is 4.74 Å². The van der Waals surface area contributed by atoms with Crippen LogP contribution in [-0.4, -0.2) is 7.11 Å². The number of aryl methyl sites for hydroxylation is 2. The Bertz CT molecular complexity index is 564. The lowest BCUT2D eigenvalue weighted by Gasteiger charge is -2.12. The molecule has 94 valence electrons. The molecule has 0 aliphatic heterocycles. The molecule has 0 aliphatic carbocycles. The summed E-state index contributed by atoms with van der Waals surface area (Å²) in [7, 11) is 1.63. The standard InChI is InChI=1S/C15H18N2O/c1-10-4-5-12(8-11(10)2)17-15-7-6-13(18-3)9-14(15)16/h4-9,17H,16H2,1-3H3. The fourth-order valence-corrected chi connectivity index (χ4v) is 1.76. The smallest absolute Gasteiger partial charge is 0.121 e. The minimum absolute atomic E-state index is 0.674. The highest BCUT2D eigenvalue weighted by Crippen LogP contribution is 2.27. The van der Waals surface area contributed by atoms with Crippen molar-refractivity contribution in [2.75, 3.05) is 18.2 Å². The van der Waals surface area contributed by atoms with Gasteiger partial charge in [-0.05, 0) is 49.2 Å². The number of nitrogens with one attached hydrogen (secondary N) is 1. The van der Waals surface area contributed by atoms with E-state index in [1.807, 2.05) is 24.3 Å². The molecule has 0 bridgehead atoms. The lowest BCUT2D eigenvalue weighted by molar-refractivity contribution is 0.415. The molecular formula is C15H18N2O. The summed E-state index contributed by atoms with van der Waals surface area (Å²) in [6, 6.07) is 11.9. The molecule has 0 fully saturated rings. The molecule has 2 aromatic carbocycles. The predicted octanol–water partition coefficient (Wildman–Crippen LogP) is 3.64. The van der Waals surface area contributed by atoms with Crippen LogP contribution in [-0.2, 0) is 0 Å². The Labute approximate surface area is 108 Å². The fraction of sp³-hybridized carbons (Fsp3) is 0.200. The van der Waals surface area contributed by atoms with Gasteiger partial charge in [-0.1, -0.05) is 6.07 Å². The Morgan fingerprint density at radius 1 is 1.00 bits per heavy atom. The van der Waals surface area contributed by atoms with Gasteiger partial charge in [0.2, 0.25) is 0 Å². The lowest BCUT2D eigenvalue weighted by atomic mass is 10.1. The average Bonchev–Trinajstić information content (AvgIpc) is 2.36. The van der Waals surface area contributed by atoms with Crippen LogP contribution in [0.25, 0.3) is 0 Å². The van der Waals surface area contributed by atoms with Crippen molar-refractivity contribution in [1.82, 2.24) is 0 Å². The first kappa shape index (κ1) is 12.3. The van der Waals surface area contributed by atoms with Crippen molar-refractivity contribution in [3.63, 3.8) is 0 Å². The van der Waals surface area contributed by atoms with E-state index in [2.05, 4.69) is 31.3 Å². The number of hydrogen-bond acceptors (Lipinski definition) is 3. The van der Waals surface area contributed by atoms with Crippen LogP contribution in [0.1, 0.15) is 11.1 Å². The second-order valence-corrected chi connectivity index (χ2v) is 4.38. The zero-order chi connectivity index (χ0) is 13.1. The van der Waals surface area contributed by atoms with Crippen LogP contribution in [0.5, 0.6) is 5.75 Å². The van der Waals surface area contributed by atoms with E-state index in [1.165, 1.54) is 11.1 Å². The number of nitrogens with two attached hydrogens (primary N) is 1. The molecule has 0 atom stereocenters. The fourth-order valence-electron chi connectivity index (χ4n) is 1.76. The van der Waals surface area contributed by atoms with Crippen molar-refractivity contribution in [3.05, 3.63) is 47.5 Å². The van der Waals surface area contributed by atoms with Crippen molar-refractivity contribution in [2.24, 2.45) is 0 Å². The summed E-state index contributed by atoms with van der Waals surface area (Å²) in [6.07, 6.45) is 0. The van der Waals surface area contributed by atoms with Crippen LogP contribution in [0, 0.1) is 13.8 Å². The third kappa shape index (κ3) is 2.56. The van der Waals surface area contributed by atoms with Crippen LogP contribution in [0.2, 0.25) is 0 Å². The summed E-state index contributed by atoms with van der Waals surface area (Å²) in [6.45, 7) is 4.19. The zero-order valence-corrected chi connectivity index (χ0v) is 10.9. The Hall–Kier alpha value is -2.16. The molecule has 0 saturated heterocycles. The second-order valence-electron chi connectivity index (χ2n) is 4.38. The van der Waals surface area contributed by atoms with Crippen molar-refractivity contribution >= 4 is 17.1 Å². The van der Waals surface area contributed by atoms with Gasteiger partial charge in [0.15, 0.2) is 0 Å². The third-order valence-electron chi connectivity index (χ3n) is 3.04. The molecule has 0 aromatic heterocycles. The van der Waals surface area contributed by atoms with E-state index in [0.29, 0.717) is 5.69 Å². The number of methoxy groups -OCH3 is 1. The lowest BCUT2D eigenvalue weighted by Crippen LogP contribution is -1.97. The van der Waals surface area contributed by atoms with Crippen LogP contribution in [0.15, 0.2) is 36.4 Å². The molecule has 3 N–H and O–H groups in total. The molecule has 3 nitrogen and oxygen atoms in total. The van der Waals surface area contributed by atoms with E-state index in [1.54, 1.807) is 7.11 Å². The molecule has 0 radical (unpaired) electrons. The third-order valence-corrected chi connectivity index (χ3v) is 3.04. The van der Waals surface area contributed by atoms with Gasteiger partial charge in [0, 0.05) is 11.8 Å². The Morgan fingerprint density at radius 2 is 1.78 bits per heavy atom. The van der Waals surface area contributed by atoms with Gasteiger partial charge >= 0.3 is 0 Å². The van der Waals surface area contributed by atoms with E-state index in [0.717, 1.165) is 17.1 Å². The summed E-state index contributed by atoms with van der Waals surface area (Å²) in [4.78, 5) is 0. The van der Waals surface area contributed by atoms with Gasteiger partial charge in [-0.25, -0.2) is 0 Å². The molecule has 0 spiro atoms. The van der Waals surface area contributed by atoms with Crippen LogP contribution >= 0.6 is 0 Å².